The van der Waals surface area contributed by atoms with Crippen LogP contribution >= 0.6 is 0 Å². The van der Waals surface area contributed by atoms with E-state index in [4.69, 9.17) is 9.47 Å². The van der Waals surface area contributed by atoms with E-state index in [1.807, 2.05) is 24.3 Å². The number of methoxy groups -OCH3 is 1. The van der Waals surface area contributed by atoms with Gasteiger partial charge in [0.05, 0.1) is 7.11 Å². The average Bonchev–Trinajstić information content (AvgIpc) is 3.19. The SMILES string of the molecule is COc1cccc(OC2CCC(NC3CC3)(C(=O)O)C2)c1. The number of aliphatic carboxylic acids is 1. The summed E-state index contributed by atoms with van der Waals surface area (Å²) < 4.78 is 11.1. The molecule has 3 rings (SSSR count). The molecule has 0 bridgehead atoms. The number of rotatable bonds is 6. The Morgan fingerprint density at radius 2 is 2.10 bits per heavy atom. The van der Waals surface area contributed by atoms with E-state index in [9.17, 15) is 9.90 Å². The third kappa shape index (κ3) is 3.13. The fourth-order valence-corrected chi connectivity index (χ4v) is 2.97. The standard InChI is InChI=1S/C16H21NO4/c1-20-12-3-2-4-13(9-12)21-14-7-8-16(10-14,15(18)19)17-11-5-6-11/h2-4,9,11,14,17H,5-8,10H2,1H3,(H,18,19). The van der Waals surface area contributed by atoms with Gasteiger partial charge in [-0.2, -0.15) is 0 Å². The molecule has 1 aromatic carbocycles. The van der Waals surface area contributed by atoms with Gasteiger partial charge in [0, 0.05) is 18.5 Å². The molecule has 5 nitrogen and oxygen atoms in total. The molecule has 0 aromatic heterocycles. The Bertz CT molecular complexity index is 529. The predicted octanol–water partition coefficient (Wildman–Crippen LogP) is 2.20. The second kappa shape index (κ2) is 5.56. The van der Waals surface area contributed by atoms with Gasteiger partial charge in [0.15, 0.2) is 0 Å². The molecule has 2 atom stereocenters. The quantitative estimate of drug-likeness (QED) is 0.841. The first-order valence-corrected chi connectivity index (χ1v) is 7.43. The van der Waals surface area contributed by atoms with Gasteiger partial charge in [0.25, 0.3) is 0 Å². The molecule has 2 fully saturated rings. The first-order chi connectivity index (χ1) is 10.1. The van der Waals surface area contributed by atoms with E-state index in [1.165, 1.54) is 0 Å². The molecule has 0 saturated heterocycles. The molecule has 2 N–H and O–H groups in total. The lowest BCUT2D eigenvalue weighted by Gasteiger charge is -2.26. The minimum Gasteiger partial charge on any atom is -0.497 e. The number of hydrogen-bond donors (Lipinski definition) is 2. The lowest BCUT2D eigenvalue weighted by molar-refractivity contribution is -0.145. The van der Waals surface area contributed by atoms with Gasteiger partial charge in [0.2, 0.25) is 0 Å². The highest BCUT2D eigenvalue weighted by Gasteiger charge is 2.48. The topological polar surface area (TPSA) is 67.8 Å². The molecule has 1 aromatic rings. The van der Waals surface area contributed by atoms with Crippen molar-refractivity contribution in [3.05, 3.63) is 24.3 Å². The van der Waals surface area contributed by atoms with Crippen molar-refractivity contribution in [2.45, 2.75) is 49.8 Å². The zero-order valence-corrected chi connectivity index (χ0v) is 12.2. The van der Waals surface area contributed by atoms with Gasteiger partial charge in [-0.25, -0.2) is 0 Å². The minimum atomic E-state index is -0.815. The van der Waals surface area contributed by atoms with Crippen molar-refractivity contribution < 1.29 is 19.4 Å². The van der Waals surface area contributed by atoms with Crippen LogP contribution in [-0.2, 0) is 4.79 Å². The molecule has 21 heavy (non-hydrogen) atoms. The van der Waals surface area contributed by atoms with Crippen LogP contribution in [0.15, 0.2) is 24.3 Å². The zero-order chi connectivity index (χ0) is 14.9. The summed E-state index contributed by atoms with van der Waals surface area (Å²) in [5.41, 5.74) is -0.815. The Hall–Kier alpha value is -1.75. The normalized spacial score (nSPS) is 28.3. The molecule has 114 valence electrons. The van der Waals surface area contributed by atoms with E-state index >= 15 is 0 Å². The highest BCUT2D eigenvalue weighted by molar-refractivity contribution is 5.79. The monoisotopic (exact) mass is 291 g/mol. The smallest absolute Gasteiger partial charge is 0.324 e. The summed E-state index contributed by atoms with van der Waals surface area (Å²) in [6, 6.07) is 7.80. The number of nitrogens with one attached hydrogen (secondary N) is 1. The van der Waals surface area contributed by atoms with E-state index in [2.05, 4.69) is 5.32 Å². The van der Waals surface area contributed by atoms with Gasteiger partial charge >= 0.3 is 5.97 Å². The third-order valence-electron chi connectivity index (χ3n) is 4.28. The average molecular weight is 291 g/mol. The van der Waals surface area contributed by atoms with Crippen LogP contribution in [0.2, 0.25) is 0 Å². The van der Waals surface area contributed by atoms with Crippen LogP contribution in [0.1, 0.15) is 32.1 Å². The minimum absolute atomic E-state index is 0.0699. The Balaban J connectivity index is 1.66. The van der Waals surface area contributed by atoms with Crippen LogP contribution in [0.4, 0.5) is 0 Å². The molecule has 2 aliphatic rings. The molecule has 2 saturated carbocycles. The van der Waals surface area contributed by atoms with Gasteiger partial charge in [0.1, 0.15) is 23.1 Å². The summed E-state index contributed by atoms with van der Waals surface area (Å²) in [5.74, 6) is 0.712. The fraction of sp³-hybridized carbons (Fsp3) is 0.562. The first-order valence-electron chi connectivity index (χ1n) is 7.43. The summed E-state index contributed by atoms with van der Waals surface area (Å²) in [4.78, 5) is 11.6. The zero-order valence-electron chi connectivity index (χ0n) is 12.2. The van der Waals surface area contributed by atoms with E-state index in [1.54, 1.807) is 7.11 Å². The fourth-order valence-electron chi connectivity index (χ4n) is 2.97. The molecular weight excluding hydrogens is 270 g/mol. The van der Waals surface area contributed by atoms with Crippen molar-refractivity contribution in [3.8, 4) is 11.5 Å². The number of carboxylic acid groups (broad SMARTS) is 1. The number of benzene rings is 1. The van der Waals surface area contributed by atoms with Crippen LogP contribution in [0, 0.1) is 0 Å². The molecule has 0 aliphatic heterocycles. The Morgan fingerprint density at radius 3 is 2.76 bits per heavy atom. The lowest BCUT2D eigenvalue weighted by Crippen LogP contribution is -2.51. The summed E-state index contributed by atoms with van der Waals surface area (Å²) in [6.45, 7) is 0. The first kappa shape index (κ1) is 14.2. The van der Waals surface area contributed by atoms with Crippen molar-refractivity contribution in [2.24, 2.45) is 0 Å². The summed E-state index contributed by atoms with van der Waals surface area (Å²) in [5, 5.41) is 12.9. The molecule has 2 unspecified atom stereocenters. The maximum Gasteiger partial charge on any atom is 0.324 e. The maximum atomic E-state index is 11.6. The largest absolute Gasteiger partial charge is 0.497 e. The van der Waals surface area contributed by atoms with Gasteiger partial charge in [-0.3, -0.25) is 10.1 Å². The van der Waals surface area contributed by atoms with E-state index in [0.29, 0.717) is 18.9 Å². The van der Waals surface area contributed by atoms with Crippen LogP contribution in [0.5, 0.6) is 11.5 Å². The van der Waals surface area contributed by atoms with Crippen molar-refractivity contribution >= 4 is 5.97 Å². The maximum absolute atomic E-state index is 11.6. The number of hydrogen-bond acceptors (Lipinski definition) is 4. The van der Waals surface area contributed by atoms with Crippen molar-refractivity contribution in [2.75, 3.05) is 7.11 Å². The van der Waals surface area contributed by atoms with Crippen molar-refractivity contribution in [3.63, 3.8) is 0 Å². The molecule has 5 heteroatoms. The Morgan fingerprint density at radius 1 is 1.33 bits per heavy atom. The molecule has 2 aliphatic carbocycles. The molecule has 0 amide bonds. The Labute approximate surface area is 124 Å². The van der Waals surface area contributed by atoms with Gasteiger partial charge in [-0.1, -0.05) is 6.07 Å². The highest BCUT2D eigenvalue weighted by atomic mass is 16.5. The lowest BCUT2D eigenvalue weighted by atomic mass is 9.97. The second-order valence-corrected chi connectivity index (χ2v) is 5.97. The molecule has 0 heterocycles. The van der Waals surface area contributed by atoms with Crippen molar-refractivity contribution in [1.29, 1.82) is 0 Å². The number of carbonyl (C=O) groups is 1. The van der Waals surface area contributed by atoms with Crippen molar-refractivity contribution in [1.82, 2.24) is 5.32 Å². The molecule has 0 radical (unpaired) electrons. The summed E-state index contributed by atoms with van der Waals surface area (Å²) in [7, 11) is 1.61. The van der Waals surface area contributed by atoms with Crippen LogP contribution in [0.25, 0.3) is 0 Å². The molecular formula is C16H21NO4. The Kier molecular flexibility index (Phi) is 3.76. The van der Waals surface area contributed by atoms with E-state index < -0.39 is 11.5 Å². The third-order valence-corrected chi connectivity index (χ3v) is 4.28. The summed E-state index contributed by atoms with van der Waals surface area (Å²) >= 11 is 0. The summed E-state index contributed by atoms with van der Waals surface area (Å²) in [6.07, 6.45) is 3.97. The predicted molar refractivity (Wildman–Crippen MR) is 77.8 cm³/mol. The van der Waals surface area contributed by atoms with Gasteiger partial charge in [-0.15, -0.1) is 0 Å². The molecule has 0 spiro atoms. The number of ether oxygens (including phenoxy) is 2. The highest BCUT2D eigenvalue weighted by Crippen LogP contribution is 2.36. The van der Waals surface area contributed by atoms with Crippen LogP contribution < -0.4 is 14.8 Å². The van der Waals surface area contributed by atoms with Gasteiger partial charge in [-0.05, 0) is 37.8 Å². The van der Waals surface area contributed by atoms with Crippen LogP contribution in [0.3, 0.4) is 0 Å². The van der Waals surface area contributed by atoms with E-state index in [0.717, 1.165) is 30.8 Å². The van der Waals surface area contributed by atoms with Crippen LogP contribution in [-0.4, -0.2) is 35.9 Å². The second-order valence-electron chi connectivity index (χ2n) is 5.97. The number of carboxylic acids is 1. The van der Waals surface area contributed by atoms with Gasteiger partial charge < -0.3 is 14.6 Å². The van der Waals surface area contributed by atoms with E-state index in [-0.39, 0.29) is 6.10 Å².